The number of hydrogen-bond acceptors (Lipinski definition) is 2. The van der Waals surface area contributed by atoms with Gasteiger partial charge in [0.05, 0.1) is 18.4 Å². The Kier molecular flexibility index (Phi) is 2.98. The van der Waals surface area contributed by atoms with E-state index in [1.807, 2.05) is 13.8 Å². The highest BCUT2D eigenvalue weighted by atomic mass is 19.1. The fourth-order valence-electron chi connectivity index (χ4n) is 1.92. The molecule has 1 rings (SSSR count). The molecule has 0 N–H and O–H groups in total. The maximum atomic E-state index is 12.7. The molecule has 0 aromatic carbocycles. The molecule has 3 heteroatoms. The van der Waals surface area contributed by atoms with Crippen molar-refractivity contribution in [3.05, 3.63) is 11.9 Å². The van der Waals surface area contributed by atoms with Crippen LogP contribution in [-0.2, 0) is 9.53 Å². The molecule has 0 amide bonds. The summed E-state index contributed by atoms with van der Waals surface area (Å²) >= 11 is 0. The van der Waals surface area contributed by atoms with Gasteiger partial charge in [0.15, 0.2) is 0 Å². The summed E-state index contributed by atoms with van der Waals surface area (Å²) in [5.74, 6) is -0.616. The van der Waals surface area contributed by atoms with Gasteiger partial charge in [-0.15, -0.1) is 0 Å². The van der Waals surface area contributed by atoms with Crippen LogP contribution in [0.15, 0.2) is 11.9 Å². The Hall–Kier alpha value is -0.860. The zero-order valence-corrected chi connectivity index (χ0v) is 9.13. The van der Waals surface area contributed by atoms with Crippen LogP contribution in [0.1, 0.15) is 27.7 Å². The third-order valence-corrected chi connectivity index (χ3v) is 2.86. The minimum Gasteiger partial charge on any atom is -0.466 e. The SMILES string of the molecule is CCOC(=O)C1C(C=C(C)F)C1(C)C. The molecule has 0 aliphatic heterocycles. The Morgan fingerprint density at radius 1 is 1.57 bits per heavy atom. The second-order valence-corrected chi connectivity index (χ2v) is 4.33. The number of carbonyl (C=O) groups excluding carboxylic acids is 1. The molecule has 0 saturated heterocycles. The number of ether oxygens (including phenoxy) is 1. The molecule has 0 spiro atoms. The van der Waals surface area contributed by atoms with E-state index in [4.69, 9.17) is 4.74 Å². The number of carbonyl (C=O) groups is 1. The standard InChI is InChI=1S/C11H17FO2/c1-5-14-10(13)9-8(6-7(2)12)11(9,3)4/h6,8-9H,5H2,1-4H3. The Labute approximate surface area is 84.1 Å². The molecule has 1 fully saturated rings. The number of allylic oxidation sites excluding steroid dienone is 2. The number of rotatable bonds is 3. The highest BCUT2D eigenvalue weighted by molar-refractivity contribution is 5.78. The van der Waals surface area contributed by atoms with Crippen molar-refractivity contribution in [3.63, 3.8) is 0 Å². The Morgan fingerprint density at radius 2 is 2.14 bits per heavy atom. The molecule has 0 heterocycles. The van der Waals surface area contributed by atoms with Gasteiger partial charge >= 0.3 is 5.97 Å². The van der Waals surface area contributed by atoms with Crippen molar-refractivity contribution >= 4 is 5.97 Å². The fraction of sp³-hybridized carbons (Fsp3) is 0.727. The van der Waals surface area contributed by atoms with Crippen LogP contribution in [0.5, 0.6) is 0 Å². The topological polar surface area (TPSA) is 26.3 Å². The molecule has 0 aromatic rings. The maximum Gasteiger partial charge on any atom is 0.310 e. The first-order valence-electron chi connectivity index (χ1n) is 4.91. The third kappa shape index (κ3) is 1.97. The quantitative estimate of drug-likeness (QED) is 0.655. The van der Waals surface area contributed by atoms with Crippen LogP contribution in [0.2, 0.25) is 0 Å². The van der Waals surface area contributed by atoms with E-state index in [1.54, 1.807) is 6.92 Å². The first-order chi connectivity index (χ1) is 6.41. The fourth-order valence-corrected chi connectivity index (χ4v) is 1.92. The molecular formula is C11H17FO2. The lowest BCUT2D eigenvalue weighted by Crippen LogP contribution is -2.10. The molecule has 1 aliphatic rings. The maximum absolute atomic E-state index is 12.7. The molecule has 1 aliphatic carbocycles. The largest absolute Gasteiger partial charge is 0.466 e. The first kappa shape index (κ1) is 11.2. The predicted octanol–water partition coefficient (Wildman–Crippen LogP) is 2.70. The summed E-state index contributed by atoms with van der Waals surface area (Å²) in [6.45, 7) is 7.48. The van der Waals surface area contributed by atoms with Crippen LogP contribution in [0, 0.1) is 17.3 Å². The average Bonchev–Trinajstić information content (AvgIpc) is 2.52. The molecule has 2 nitrogen and oxygen atoms in total. The van der Waals surface area contributed by atoms with Crippen LogP contribution in [-0.4, -0.2) is 12.6 Å². The summed E-state index contributed by atoms with van der Waals surface area (Å²) in [4.78, 5) is 11.4. The van der Waals surface area contributed by atoms with Gasteiger partial charge in [0.25, 0.3) is 0 Å². The van der Waals surface area contributed by atoms with Crippen molar-refractivity contribution in [1.82, 2.24) is 0 Å². The molecule has 80 valence electrons. The molecule has 1 saturated carbocycles. The second-order valence-electron chi connectivity index (χ2n) is 4.33. The Balaban J connectivity index is 2.66. The van der Waals surface area contributed by atoms with Crippen molar-refractivity contribution in [3.8, 4) is 0 Å². The average molecular weight is 200 g/mol. The first-order valence-corrected chi connectivity index (χ1v) is 4.91. The van der Waals surface area contributed by atoms with E-state index < -0.39 is 0 Å². The summed E-state index contributed by atoms with van der Waals surface area (Å²) in [6, 6.07) is 0. The predicted molar refractivity (Wildman–Crippen MR) is 52.3 cm³/mol. The smallest absolute Gasteiger partial charge is 0.310 e. The van der Waals surface area contributed by atoms with Crippen molar-refractivity contribution in [2.45, 2.75) is 27.7 Å². The van der Waals surface area contributed by atoms with E-state index in [9.17, 15) is 9.18 Å². The molecule has 14 heavy (non-hydrogen) atoms. The second kappa shape index (κ2) is 3.71. The zero-order valence-electron chi connectivity index (χ0n) is 9.13. The third-order valence-electron chi connectivity index (χ3n) is 2.86. The molecule has 0 radical (unpaired) electrons. The van der Waals surface area contributed by atoms with Crippen LogP contribution in [0.4, 0.5) is 4.39 Å². The zero-order chi connectivity index (χ0) is 10.9. The van der Waals surface area contributed by atoms with Gasteiger partial charge in [-0.1, -0.05) is 13.8 Å². The van der Waals surface area contributed by atoms with Crippen molar-refractivity contribution in [1.29, 1.82) is 0 Å². The van der Waals surface area contributed by atoms with E-state index in [1.165, 1.54) is 13.0 Å². The van der Waals surface area contributed by atoms with Crippen LogP contribution < -0.4 is 0 Å². The highest BCUT2D eigenvalue weighted by Gasteiger charge is 2.61. The van der Waals surface area contributed by atoms with E-state index >= 15 is 0 Å². The summed E-state index contributed by atoms with van der Waals surface area (Å²) in [5, 5.41) is 0. The minimum atomic E-state index is -0.227. The lowest BCUT2D eigenvalue weighted by atomic mass is 10.1. The summed E-state index contributed by atoms with van der Waals surface area (Å²) < 4.78 is 17.6. The van der Waals surface area contributed by atoms with Gasteiger partial charge in [-0.25, -0.2) is 4.39 Å². The van der Waals surface area contributed by atoms with Gasteiger partial charge < -0.3 is 4.74 Å². The number of halogens is 1. The van der Waals surface area contributed by atoms with Gasteiger partial charge in [-0.05, 0) is 31.3 Å². The molecule has 2 atom stereocenters. The van der Waals surface area contributed by atoms with Gasteiger partial charge in [0.1, 0.15) is 0 Å². The van der Waals surface area contributed by atoms with Gasteiger partial charge in [0, 0.05) is 0 Å². The number of hydrogen-bond donors (Lipinski definition) is 0. The van der Waals surface area contributed by atoms with E-state index in [2.05, 4.69) is 0 Å². The monoisotopic (exact) mass is 200 g/mol. The Morgan fingerprint density at radius 3 is 2.57 bits per heavy atom. The van der Waals surface area contributed by atoms with E-state index in [-0.39, 0.29) is 29.0 Å². The lowest BCUT2D eigenvalue weighted by molar-refractivity contribution is -0.145. The summed E-state index contributed by atoms with van der Waals surface area (Å²) in [7, 11) is 0. The molecule has 0 bridgehead atoms. The van der Waals surface area contributed by atoms with Crippen molar-refractivity contribution in [2.24, 2.45) is 17.3 Å². The summed E-state index contributed by atoms with van der Waals surface area (Å²) in [5.41, 5.74) is -0.153. The van der Waals surface area contributed by atoms with Gasteiger partial charge in [0.2, 0.25) is 0 Å². The molecule has 0 aromatic heterocycles. The van der Waals surface area contributed by atoms with Crippen molar-refractivity contribution in [2.75, 3.05) is 6.61 Å². The van der Waals surface area contributed by atoms with Crippen LogP contribution >= 0.6 is 0 Å². The minimum absolute atomic E-state index is 0.00782. The van der Waals surface area contributed by atoms with Crippen LogP contribution in [0.25, 0.3) is 0 Å². The van der Waals surface area contributed by atoms with E-state index in [0.717, 1.165) is 0 Å². The van der Waals surface area contributed by atoms with Gasteiger partial charge in [-0.3, -0.25) is 4.79 Å². The molecular weight excluding hydrogens is 183 g/mol. The normalized spacial score (nSPS) is 29.9. The summed E-state index contributed by atoms with van der Waals surface area (Å²) in [6.07, 6.45) is 1.52. The molecule has 2 unspecified atom stereocenters. The number of esters is 1. The van der Waals surface area contributed by atoms with E-state index in [0.29, 0.717) is 6.61 Å². The van der Waals surface area contributed by atoms with Crippen LogP contribution in [0.3, 0.4) is 0 Å². The van der Waals surface area contributed by atoms with Crippen molar-refractivity contribution < 1.29 is 13.9 Å². The Bertz CT molecular complexity index is 264. The van der Waals surface area contributed by atoms with Gasteiger partial charge in [-0.2, -0.15) is 0 Å². The highest BCUT2D eigenvalue weighted by Crippen LogP contribution is 2.59. The lowest BCUT2D eigenvalue weighted by Gasteiger charge is -2.01.